The number of hydrogen-bond acceptors (Lipinski definition) is 3. The lowest BCUT2D eigenvalue weighted by Gasteiger charge is -2.25. The zero-order valence-electron chi connectivity index (χ0n) is 10.5. The predicted octanol–water partition coefficient (Wildman–Crippen LogP) is 1.74. The Morgan fingerprint density at radius 2 is 2.06 bits per heavy atom. The number of aliphatic hydroxyl groups is 1. The van der Waals surface area contributed by atoms with Crippen molar-refractivity contribution in [3.63, 3.8) is 0 Å². The fourth-order valence-corrected chi connectivity index (χ4v) is 1.70. The van der Waals surface area contributed by atoms with Gasteiger partial charge in [0, 0.05) is 13.6 Å². The SMILES string of the molecule is Cc1cc(C(=O)N(C)CC(C)(C)O)c(C)o1. The van der Waals surface area contributed by atoms with Crippen LogP contribution < -0.4 is 0 Å². The van der Waals surface area contributed by atoms with Gasteiger partial charge in [-0.25, -0.2) is 0 Å². The highest BCUT2D eigenvalue weighted by Gasteiger charge is 2.22. The van der Waals surface area contributed by atoms with Gasteiger partial charge >= 0.3 is 0 Å². The van der Waals surface area contributed by atoms with Gasteiger partial charge in [-0.05, 0) is 33.8 Å². The highest BCUT2D eigenvalue weighted by molar-refractivity contribution is 5.95. The molecule has 1 N–H and O–H groups in total. The predicted molar refractivity (Wildman–Crippen MR) is 61.4 cm³/mol. The summed E-state index contributed by atoms with van der Waals surface area (Å²) in [5.74, 6) is 1.21. The molecule has 0 radical (unpaired) electrons. The number of nitrogens with zero attached hydrogens (tertiary/aromatic N) is 1. The summed E-state index contributed by atoms with van der Waals surface area (Å²) >= 11 is 0. The van der Waals surface area contributed by atoms with Crippen molar-refractivity contribution in [3.8, 4) is 0 Å². The lowest BCUT2D eigenvalue weighted by molar-refractivity contribution is 0.0367. The Bertz CT molecular complexity index is 387. The molecule has 0 unspecified atom stereocenters. The summed E-state index contributed by atoms with van der Waals surface area (Å²) in [7, 11) is 1.67. The van der Waals surface area contributed by atoms with E-state index >= 15 is 0 Å². The molecular formula is C12H19NO3. The molecule has 1 rings (SSSR count). The van der Waals surface area contributed by atoms with E-state index in [1.165, 1.54) is 4.90 Å². The molecule has 0 aliphatic rings. The number of carbonyl (C=O) groups is 1. The molecule has 0 aromatic carbocycles. The molecule has 0 saturated carbocycles. The van der Waals surface area contributed by atoms with Gasteiger partial charge in [-0.2, -0.15) is 0 Å². The molecule has 1 amide bonds. The lowest BCUT2D eigenvalue weighted by atomic mass is 10.1. The third-order valence-corrected chi connectivity index (χ3v) is 2.24. The topological polar surface area (TPSA) is 53.7 Å². The van der Waals surface area contributed by atoms with Crippen molar-refractivity contribution < 1.29 is 14.3 Å². The van der Waals surface area contributed by atoms with E-state index in [4.69, 9.17) is 4.42 Å². The minimum atomic E-state index is -0.892. The van der Waals surface area contributed by atoms with E-state index in [0.717, 1.165) is 5.76 Å². The molecule has 1 aromatic heterocycles. The molecule has 90 valence electrons. The summed E-state index contributed by atoms with van der Waals surface area (Å²) < 4.78 is 5.31. The van der Waals surface area contributed by atoms with Crippen LogP contribution in [0.2, 0.25) is 0 Å². The first-order valence-electron chi connectivity index (χ1n) is 5.25. The Labute approximate surface area is 95.9 Å². The quantitative estimate of drug-likeness (QED) is 0.852. The van der Waals surface area contributed by atoms with Crippen LogP contribution in [0, 0.1) is 13.8 Å². The Morgan fingerprint density at radius 3 is 2.44 bits per heavy atom. The average Bonchev–Trinajstić information content (AvgIpc) is 2.41. The Balaban J connectivity index is 2.82. The van der Waals surface area contributed by atoms with Crippen LogP contribution in [-0.2, 0) is 0 Å². The number of carbonyl (C=O) groups excluding carboxylic acids is 1. The van der Waals surface area contributed by atoms with Gasteiger partial charge in [0.15, 0.2) is 0 Å². The minimum Gasteiger partial charge on any atom is -0.466 e. The largest absolute Gasteiger partial charge is 0.466 e. The van der Waals surface area contributed by atoms with Gasteiger partial charge in [-0.1, -0.05) is 0 Å². The number of likely N-dealkylation sites (N-methyl/N-ethyl adjacent to an activating group) is 1. The molecule has 0 atom stereocenters. The smallest absolute Gasteiger partial charge is 0.257 e. The maximum absolute atomic E-state index is 12.0. The molecule has 0 spiro atoms. The summed E-state index contributed by atoms with van der Waals surface area (Å²) in [5, 5.41) is 9.64. The molecule has 1 heterocycles. The van der Waals surface area contributed by atoms with Crippen LogP contribution in [-0.4, -0.2) is 35.1 Å². The normalized spacial score (nSPS) is 11.6. The van der Waals surface area contributed by atoms with Crippen molar-refractivity contribution in [2.75, 3.05) is 13.6 Å². The zero-order valence-corrected chi connectivity index (χ0v) is 10.5. The fraction of sp³-hybridized carbons (Fsp3) is 0.583. The van der Waals surface area contributed by atoms with Gasteiger partial charge in [0.2, 0.25) is 0 Å². The Hall–Kier alpha value is -1.29. The first kappa shape index (κ1) is 12.8. The number of rotatable bonds is 3. The van der Waals surface area contributed by atoms with Crippen LogP contribution in [0.4, 0.5) is 0 Å². The molecule has 0 saturated heterocycles. The summed E-state index contributed by atoms with van der Waals surface area (Å²) in [6.07, 6.45) is 0. The van der Waals surface area contributed by atoms with Gasteiger partial charge in [0.05, 0.1) is 11.2 Å². The van der Waals surface area contributed by atoms with Crippen LogP contribution in [0.15, 0.2) is 10.5 Å². The summed E-state index contributed by atoms with van der Waals surface area (Å²) in [4.78, 5) is 13.5. The van der Waals surface area contributed by atoms with Crippen molar-refractivity contribution in [1.82, 2.24) is 4.90 Å². The first-order chi connectivity index (χ1) is 7.20. The van der Waals surface area contributed by atoms with E-state index in [0.29, 0.717) is 11.3 Å². The molecule has 16 heavy (non-hydrogen) atoms. The molecule has 0 aliphatic carbocycles. The molecular weight excluding hydrogens is 206 g/mol. The Kier molecular flexibility index (Phi) is 3.43. The Morgan fingerprint density at radius 1 is 1.50 bits per heavy atom. The second-order valence-electron chi connectivity index (χ2n) is 4.80. The standard InChI is InChI=1S/C12H19NO3/c1-8-6-10(9(2)16-8)11(14)13(5)7-12(3,4)15/h6,15H,7H2,1-5H3. The molecule has 0 bridgehead atoms. The first-order valence-corrected chi connectivity index (χ1v) is 5.25. The van der Waals surface area contributed by atoms with Gasteiger partial charge in [-0.3, -0.25) is 4.79 Å². The van der Waals surface area contributed by atoms with Gasteiger partial charge < -0.3 is 14.4 Å². The average molecular weight is 225 g/mol. The zero-order chi connectivity index (χ0) is 12.5. The van der Waals surface area contributed by atoms with Crippen molar-refractivity contribution in [2.24, 2.45) is 0 Å². The minimum absolute atomic E-state index is 0.128. The molecule has 0 aliphatic heterocycles. The van der Waals surface area contributed by atoms with E-state index in [9.17, 15) is 9.90 Å². The van der Waals surface area contributed by atoms with E-state index < -0.39 is 5.60 Å². The van der Waals surface area contributed by atoms with E-state index in [1.807, 2.05) is 0 Å². The molecule has 0 fully saturated rings. The molecule has 1 aromatic rings. The number of hydrogen-bond donors (Lipinski definition) is 1. The fourth-order valence-electron chi connectivity index (χ4n) is 1.70. The summed E-state index contributed by atoms with van der Waals surface area (Å²) in [6, 6.07) is 1.72. The number of aryl methyl sites for hydroxylation is 2. The monoisotopic (exact) mass is 225 g/mol. The van der Waals surface area contributed by atoms with Crippen molar-refractivity contribution >= 4 is 5.91 Å². The van der Waals surface area contributed by atoms with Gasteiger partial charge in [0.25, 0.3) is 5.91 Å². The maximum Gasteiger partial charge on any atom is 0.257 e. The summed E-state index contributed by atoms with van der Waals surface area (Å²) in [5.41, 5.74) is -0.332. The highest BCUT2D eigenvalue weighted by atomic mass is 16.3. The van der Waals surface area contributed by atoms with Gasteiger partial charge in [-0.15, -0.1) is 0 Å². The third kappa shape index (κ3) is 3.10. The van der Waals surface area contributed by atoms with Crippen LogP contribution >= 0.6 is 0 Å². The van der Waals surface area contributed by atoms with E-state index in [1.54, 1.807) is 40.8 Å². The van der Waals surface area contributed by atoms with Crippen molar-refractivity contribution in [2.45, 2.75) is 33.3 Å². The highest BCUT2D eigenvalue weighted by Crippen LogP contribution is 2.16. The van der Waals surface area contributed by atoms with Crippen LogP contribution in [0.1, 0.15) is 35.7 Å². The lowest BCUT2D eigenvalue weighted by Crippen LogP contribution is -2.39. The second-order valence-corrected chi connectivity index (χ2v) is 4.80. The number of amides is 1. The summed E-state index contributed by atoms with van der Waals surface area (Å²) in [6.45, 7) is 7.20. The van der Waals surface area contributed by atoms with Crippen molar-refractivity contribution in [3.05, 3.63) is 23.2 Å². The second kappa shape index (κ2) is 4.29. The molecule has 4 nitrogen and oxygen atoms in total. The van der Waals surface area contributed by atoms with Crippen molar-refractivity contribution in [1.29, 1.82) is 0 Å². The third-order valence-electron chi connectivity index (χ3n) is 2.24. The van der Waals surface area contributed by atoms with E-state index in [2.05, 4.69) is 0 Å². The molecule has 4 heteroatoms. The van der Waals surface area contributed by atoms with Crippen LogP contribution in [0.25, 0.3) is 0 Å². The van der Waals surface area contributed by atoms with Crippen LogP contribution in [0.5, 0.6) is 0 Å². The maximum atomic E-state index is 12.0. The van der Waals surface area contributed by atoms with Crippen LogP contribution in [0.3, 0.4) is 0 Å². The number of furan rings is 1. The van der Waals surface area contributed by atoms with Gasteiger partial charge in [0.1, 0.15) is 11.5 Å². The van der Waals surface area contributed by atoms with E-state index in [-0.39, 0.29) is 12.5 Å².